The van der Waals surface area contributed by atoms with E-state index in [1.807, 2.05) is 49.4 Å². The third kappa shape index (κ3) is 6.26. The fraction of sp³-hybridized carbons (Fsp3) is 0.286. The van der Waals surface area contributed by atoms with Gasteiger partial charge in [-0.25, -0.2) is 0 Å². The molecule has 142 valence electrons. The van der Waals surface area contributed by atoms with Crippen LogP contribution in [0.15, 0.2) is 54.6 Å². The summed E-state index contributed by atoms with van der Waals surface area (Å²) >= 11 is 0. The molecular formula is C21H24N2O4. The summed E-state index contributed by atoms with van der Waals surface area (Å²) in [4.78, 5) is 35.5. The van der Waals surface area contributed by atoms with Crippen LogP contribution in [0, 0.1) is 0 Å². The Kier molecular flexibility index (Phi) is 7.55. The number of hydrogen-bond donors (Lipinski definition) is 3. The molecule has 0 aliphatic heterocycles. The van der Waals surface area contributed by atoms with E-state index in [0.717, 1.165) is 17.5 Å². The average molecular weight is 368 g/mol. The maximum Gasteiger partial charge on any atom is 0.303 e. The zero-order valence-electron chi connectivity index (χ0n) is 15.3. The molecule has 2 aromatic carbocycles. The molecule has 3 N–H and O–H groups in total. The second-order valence-electron chi connectivity index (χ2n) is 6.19. The van der Waals surface area contributed by atoms with Gasteiger partial charge in [0.2, 0.25) is 5.91 Å². The van der Waals surface area contributed by atoms with Crippen LogP contribution in [-0.2, 0) is 9.59 Å². The van der Waals surface area contributed by atoms with E-state index in [0.29, 0.717) is 12.1 Å². The fourth-order valence-corrected chi connectivity index (χ4v) is 2.59. The molecule has 0 aliphatic carbocycles. The fourth-order valence-electron chi connectivity index (χ4n) is 2.59. The van der Waals surface area contributed by atoms with Gasteiger partial charge in [0.25, 0.3) is 5.91 Å². The number of hydrogen-bond acceptors (Lipinski definition) is 3. The molecular weight excluding hydrogens is 344 g/mol. The number of carbonyl (C=O) groups is 3. The third-order valence-corrected chi connectivity index (χ3v) is 4.07. The van der Waals surface area contributed by atoms with Crippen LogP contribution in [0.3, 0.4) is 0 Å². The van der Waals surface area contributed by atoms with E-state index in [2.05, 4.69) is 10.6 Å². The van der Waals surface area contributed by atoms with Crippen molar-refractivity contribution in [2.24, 2.45) is 0 Å². The Morgan fingerprint density at radius 2 is 1.59 bits per heavy atom. The van der Waals surface area contributed by atoms with Gasteiger partial charge >= 0.3 is 5.97 Å². The maximum absolute atomic E-state index is 12.5. The molecule has 2 amide bonds. The highest BCUT2D eigenvalue weighted by Crippen LogP contribution is 2.19. The summed E-state index contributed by atoms with van der Waals surface area (Å²) in [6.45, 7) is 2.39. The second kappa shape index (κ2) is 10.1. The van der Waals surface area contributed by atoms with Crippen LogP contribution in [0.2, 0.25) is 0 Å². The first-order valence-electron chi connectivity index (χ1n) is 8.97. The first-order valence-corrected chi connectivity index (χ1v) is 8.97. The van der Waals surface area contributed by atoms with Crippen molar-refractivity contribution in [2.45, 2.75) is 32.2 Å². The summed E-state index contributed by atoms with van der Waals surface area (Å²) in [7, 11) is 0. The summed E-state index contributed by atoms with van der Waals surface area (Å²) < 4.78 is 0. The van der Waals surface area contributed by atoms with Crippen LogP contribution >= 0.6 is 0 Å². The smallest absolute Gasteiger partial charge is 0.303 e. The Bertz CT molecular complexity index is 773. The Hall–Kier alpha value is -3.15. The molecule has 0 unspecified atom stereocenters. The van der Waals surface area contributed by atoms with Gasteiger partial charge in [0.05, 0.1) is 0 Å². The topological polar surface area (TPSA) is 95.5 Å². The second-order valence-corrected chi connectivity index (χ2v) is 6.19. The highest BCUT2D eigenvalue weighted by molar-refractivity contribution is 5.98. The first-order chi connectivity index (χ1) is 13.0. The van der Waals surface area contributed by atoms with Gasteiger partial charge in [0.1, 0.15) is 6.04 Å². The van der Waals surface area contributed by atoms with Crippen LogP contribution in [0.25, 0.3) is 11.1 Å². The predicted octanol–water partition coefficient (Wildman–Crippen LogP) is 2.84. The number of aliphatic carboxylic acids is 1. The largest absolute Gasteiger partial charge is 0.481 e. The van der Waals surface area contributed by atoms with Gasteiger partial charge < -0.3 is 15.7 Å². The zero-order valence-corrected chi connectivity index (χ0v) is 15.3. The van der Waals surface area contributed by atoms with Gasteiger partial charge in [-0.3, -0.25) is 14.4 Å². The number of carbonyl (C=O) groups excluding carboxylic acids is 2. The molecule has 1 atom stereocenters. The van der Waals surface area contributed by atoms with E-state index >= 15 is 0 Å². The van der Waals surface area contributed by atoms with Crippen molar-refractivity contribution in [1.29, 1.82) is 0 Å². The molecule has 0 aliphatic rings. The lowest BCUT2D eigenvalue weighted by Crippen LogP contribution is -2.47. The maximum atomic E-state index is 12.5. The third-order valence-electron chi connectivity index (χ3n) is 4.07. The monoisotopic (exact) mass is 368 g/mol. The van der Waals surface area contributed by atoms with Gasteiger partial charge in [0, 0.05) is 18.5 Å². The molecule has 6 nitrogen and oxygen atoms in total. The van der Waals surface area contributed by atoms with Gasteiger partial charge in [-0.2, -0.15) is 0 Å². The number of nitrogens with one attached hydrogen (secondary N) is 2. The van der Waals surface area contributed by atoms with E-state index in [4.69, 9.17) is 5.11 Å². The highest BCUT2D eigenvalue weighted by Gasteiger charge is 2.22. The van der Waals surface area contributed by atoms with E-state index in [-0.39, 0.29) is 18.7 Å². The normalized spacial score (nSPS) is 11.4. The Morgan fingerprint density at radius 3 is 2.19 bits per heavy atom. The van der Waals surface area contributed by atoms with Crippen molar-refractivity contribution in [2.75, 3.05) is 6.54 Å². The number of rotatable bonds is 9. The van der Waals surface area contributed by atoms with Crippen LogP contribution < -0.4 is 10.6 Å². The molecule has 27 heavy (non-hydrogen) atoms. The van der Waals surface area contributed by atoms with Crippen molar-refractivity contribution >= 4 is 17.8 Å². The number of benzene rings is 2. The summed E-state index contributed by atoms with van der Waals surface area (Å²) in [5, 5.41) is 14.2. The molecule has 2 rings (SSSR count). The number of amides is 2. The standard InChI is InChI=1S/C21H24N2O4/c1-2-14-22-21(27)18(12-13-19(24)25)23-20(26)17-10-8-16(9-11-17)15-6-4-3-5-7-15/h3-11,18H,2,12-14H2,1H3,(H,22,27)(H,23,26)(H,24,25)/t18-/m0/s1. The molecule has 2 aromatic rings. The van der Waals surface area contributed by atoms with Gasteiger partial charge in [0.15, 0.2) is 0 Å². The van der Waals surface area contributed by atoms with Crippen molar-refractivity contribution in [1.82, 2.24) is 10.6 Å². The highest BCUT2D eigenvalue weighted by atomic mass is 16.4. The van der Waals surface area contributed by atoms with Gasteiger partial charge in [-0.15, -0.1) is 0 Å². The molecule has 6 heteroatoms. The van der Waals surface area contributed by atoms with E-state index in [9.17, 15) is 14.4 Å². The first kappa shape index (κ1) is 20.2. The number of carboxylic acids is 1. The molecule has 0 saturated carbocycles. The van der Waals surface area contributed by atoms with Gasteiger partial charge in [-0.05, 0) is 36.1 Å². The lowest BCUT2D eigenvalue weighted by Gasteiger charge is -2.18. The molecule has 0 aromatic heterocycles. The van der Waals surface area contributed by atoms with Crippen LogP contribution in [0.4, 0.5) is 0 Å². The average Bonchev–Trinajstić information content (AvgIpc) is 2.69. The number of carboxylic acid groups (broad SMARTS) is 1. The quantitative estimate of drug-likeness (QED) is 0.634. The lowest BCUT2D eigenvalue weighted by molar-refractivity contribution is -0.137. The molecule has 0 spiro atoms. The van der Waals surface area contributed by atoms with Crippen molar-refractivity contribution in [3.8, 4) is 11.1 Å². The Balaban J connectivity index is 2.06. The minimum Gasteiger partial charge on any atom is -0.481 e. The lowest BCUT2D eigenvalue weighted by atomic mass is 10.0. The zero-order chi connectivity index (χ0) is 19.6. The van der Waals surface area contributed by atoms with Crippen LogP contribution in [0.5, 0.6) is 0 Å². The summed E-state index contributed by atoms with van der Waals surface area (Å²) in [6.07, 6.45) is 0.600. The summed E-state index contributed by atoms with van der Waals surface area (Å²) in [5.74, 6) is -1.78. The van der Waals surface area contributed by atoms with Crippen molar-refractivity contribution in [3.05, 3.63) is 60.2 Å². The van der Waals surface area contributed by atoms with E-state index < -0.39 is 17.9 Å². The molecule has 0 radical (unpaired) electrons. The predicted molar refractivity (Wildman–Crippen MR) is 103 cm³/mol. The molecule has 0 fully saturated rings. The molecule has 0 bridgehead atoms. The summed E-state index contributed by atoms with van der Waals surface area (Å²) in [6, 6.07) is 16.0. The van der Waals surface area contributed by atoms with Gasteiger partial charge in [-0.1, -0.05) is 49.4 Å². The van der Waals surface area contributed by atoms with Crippen molar-refractivity contribution in [3.63, 3.8) is 0 Å². The van der Waals surface area contributed by atoms with Crippen molar-refractivity contribution < 1.29 is 19.5 Å². The minimum atomic E-state index is -1.01. The molecule has 0 saturated heterocycles. The Labute approximate surface area is 158 Å². The SMILES string of the molecule is CCCNC(=O)[C@H](CCC(=O)O)NC(=O)c1ccc(-c2ccccc2)cc1. The van der Waals surface area contributed by atoms with Crippen LogP contribution in [0.1, 0.15) is 36.5 Å². The van der Waals surface area contributed by atoms with E-state index in [1.165, 1.54) is 0 Å². The van der Waals surface area contributed by atoms with Crippen LogP contribution in [-0.4, -0.2) is 35.5 Å². The van der Waals surface area contributed by atoms with E-state index in [1.54, 1.807) is 12.1 Å². The minimum absolute atomic E-state index is 0.0404. The molecule has 0 heterocycles. The summed E-state index contributed by atoms with van der Waals surface area (Å²) in [5.41, 5.74) is 2.44. The Morgan fingerprint density at radius 1 is 0.963 bits per heavy atom.